The highest BCUT2D eigenvalue weighted by molar-refractivity contribution is 6.30. The minimum Gasteiger partial charge on any atom is -0.379 e. The molecule has 1 aliphatic rings. The van der Waals surface area contributed by atoms with E-state index in [1.54, 1.807) is 12.3 Å². The van der Waals surface area contributed by atoms with Crippen LogP contribution in [0.5, 0.6) is 0 Å². The molecule has 0 radical (unpaired) electrons. The lowest BCUT2D eigenvalue weighted by Gasteiger charge is -2.25. The molecule has 2 aromatic heterocycles. The molecule has 6 heteroatoms. The van der Waals surface area contributed by atoms with E-state index >= 15 is 0 Å². The van der Waals surface area contributed by atoms with Crippen molar-refractivity contribution in [1.29, 1.82) is 0 Å². The number of halogens is 1. The fourth-order valence-corrected chi connectivity index (χ4v) is 2.13. The molecule has 0 atom stereocenters. The summed E-state index contributed by atoms with van der Waals surface area (Å²) in [6.07, 6.45) is 1.60. The lowest BCUT2D eigenvalue weighted by Crippen LogP contribution is -2.35. The van der Waals surface area contributed by atoms with Crippen LogP contribution in [-0.2, 0) is 11.3 Å². The Labute approximate surface area is 116 Å². The van der Waals surface area contributed by atoms with Gasteiger partial charge in [0, 0.05) is 25.4 Å². The van der Waals surface area contributed by atoms with E-state index in [9.17, 15) is 0 Å². The Hall–Kier alpha value is -1.43. The van der Waals surface area contributed by atoms with Crippen LogP contribution in [0.2, 0.25) is 5.02 Å². The van der Waals surface area contributed by atoms with E-state index in [2.05, 4.69) is 15.0 Å². The van der Waals surface area contributed by atoms with Crippen molar-refractivity contribution in [3.8, 4) is 11.4 Å². The van der Waals surface area contributed by atoms with Crippen LogP contribution in [-0.4, -0.2) is 41.3 Å². The van der Waals surface area contributed by atoms with Gasteiger partial charge in [-0.15, -0.1) is 0 Å². The fraction of sp³-hybridized carbons (Fsp3) is 0.385. The molecule has 0 aliphatic carbocycles. The van der Waals surface area contributed by atoms with Crippen LogP contribution in [0.25, 0.3) is 11.4 Å². The SMILES string of the molecule is Clc1ccc(-c2cc(CN3CCOCC3)on2)nc1. The Morgan fingerprint density at radius 3 is 2.79 bits per heavy atom. The third-order valence-corrected chi connectivity index (χ3v) is 3.26. The van der Waals surface area contributed by atoms with E-state index in [1.165, 1.54) is 0 Å². The first-order valence-corrected chi connectivity index (χ1v) is 6.57. The average molecular weight is 280 g/mol. The second kappa shape index (κ2) is 5.69. The van der Waals surface area contributed by atoms with Crippen LogP contribution >= 0.6 is 11.6 Å². The number of aromatic nitrogens is 2. The van der Waals surface area contributed by atoms with Crippen molar-refractivity contribution in [1.82, 2.24) is 15.0 Å². The smallest absolute Gasteiger partial charge is 0.151 e. The highest BCUT2D eigenvalue weighted by Gasteiger charge is 2.14. The maximum Gasteiger partial charge on any atom is 0.151 e. The molecule has 19 heavy (non-hydrogen) atoms. The maximum absolute atomic E-state index is 5.81. The molecule has 0 N–H and O–H groups in total. The van der Waals surface area contributed by atoms with Gasteiger partial charge in [0.2, 0.25) is 0 Å². The standard InChI is InChI=1S/C13H14ClN3O2/c14-10-1-2-12(15-8-10)13-7-11(19-16-13)9-17-3-5-18-6-4-17/h1-2,7-8H,3-6,9H2. The number of pyridine rings is 1. The van der Waals surface area contributed by atoms with Gasteiger partial charge in [0.25, 0.3) is 0 Å². The molecule has 0 amide bonds. The van der Waals surface area contributed by atoms with Gasteiger partial charge in [-0.1, -0.05) is 16.8 Å². The van der Waals surface area contributed by atoms with Gasteiger partial charge in [-0.05, 0) is 12.1 Å². The van der Waals surface area contributed by atoms with E-state index in [-0.39, 0.29) is 0 Å². The van der Waals surface area contributed by atoms with Gasteiger partial charge in [0.05, 0.1) is 30.5 Å². The minimum atomic E-state index is 0.612. The molecule has 1 fully saturated rings. The Morgan fingerprint density at radius 2 is 2.05 bits per heavy atom. The third kappa shape index (κ3) is 3.12. The zero-order valence-electron chi connectivity index (χ0n) is 10.4. The Morgan fingerprint density at radius 1 is 1.21 bits per heavy atom. The van der Waals surface area contributed by atoms with Crippen molar-refractivity contribution in [3.63, 3.8) is 0 Å². The zero-order valence-corrected chi connectivity index (χ0v) is 11.1. The second-order valence-electron chi connectivity index (χ2n) is 4.43. The molecule has 0 aromatic carbocycles. The average Bonchev–Trinajstić information content (AvgIpc) is 2.89. The van der Waals surface area contributed by atoms with E-state index in [0.717, 1.165) is 50.0 Å². The van der Waals surface area contributed by atoms with Crippen LogP contribution in [0.3, 0.4) is 0 Å². The largest absolute Gasteiger partial charge is 0.379 e. The number of ether oxygens (including phenoxy) is 1. The molecule has 1 saturated heterocycles. The molecular weight excluding hydrogens is 266 g/mol. The third-order valence-electron chi connectivity index (χ3n) is 3.03. The molecule has 3 heterocycles. The molecule has 0 bridgehead atoms. The Bertz CT molecular complexity index is 535. The number of hydrogen-bond donors (Lipinski definition) is 0. The fourth-order valence-electron chi connectivity index (χ4n) is 2.02. The van der Waals surface area contributed by atoms with Crippen molar-refractivity contribution < 1.29 is 9.26 Å². The summed E-state index contributed by atoms with van der Waals surface area (Å²) in [4.78, 5) is 6.50. The summed E-state index contributed by atoms with van der Waals surface area (Å²) in [5, 5.41) is 4.65. The van der Waals surface area contributed by atoms with Gasteiger partial charge >= 0.3 is 0 Å². The first-order valence-electron chi connectivity index (χ1n) is 6.19. The van der Waals surface area contributed by atoms with Crippen LogP contribution in [0.4, 0.5) is 0 Å². The Kier molecular flexibility index (Phi) is 3.77. The van der Waals surface area contributed by atoms with E-state index in [0.29, 0.717) is 5.02 Å². The Balaban J connectivity index is 1.70. The van der Waals surface area contributed by atoms with Gasteiger partial charge < -0.3 is 9.26 Å². The second-order valence-corrected chi connectivity index (χ2v) is 4.87. The van der Waals surface area contributed by atoms with Crippen molar-refractivity contribution >= 4 is 11.6 Å². The summed E-state index contributed by atoms with van der Waals surface area (Å²) >= 11 is 5.81. The first kappa shape index (κ1) is 12.6. The number of rotatable bonds is 3. The normalized spacial score (nSPS) is 16.7. The van der Waals surface area contributed by atoms with Gasteiger partial charge in [0.15, 0.2) is 5.76 Å². The predicted octanol–water partition coefficient (Wildman–Crippen LogP) is 2.22. The summed E-state index contributed by atoms with van der Waals surface area (Å²) in [5.74, 6) is 0.841. The van der Waals surface area contributed by atoms with Crippen molar-refractivity contribution in [2.45, 2.75) is 6.54 Å². The monoisotopic (exact) mass is 279 g/mol. The first-order chi connectivity index (χ1) is 9.31. The highest BCUT2D eigenvalue weighted by atomic mass is 35.5. The van der Waals surface area contributed by atoms with Gasteiger partial charge in [-0.2, -0.15) is 0 Å². The molecule has 0 unspecified atom stereocenters. The van der Waals surface area contributed by atoms with Gasteiger partial charge in [-0.3, -0.25) is 9.88 Å². The zero-order chi connectivity index (χ0) is 13.1. The molecule has 0 spiro atoms. The van der Waals surface area contributed by atoms with E-state index in [4.69, 9.17) is 20.9 Å². The molecule has 1 aliphatic heterocycles. The molecule has 5 nitrogen and oxygen atoms in total. The van der Waals surface area contributed by atoms with Crippen molar-refractivity contribution in [2.24, 2.45) is 0 Å². The van der Waals surface area contributed by atoms with Crippen LogP contribution in [0, 0.1) is 0 Å². The van der Waals surface area contributed by atoms with Crippen molar-refractivity contribution in [3.05, 3.63) is 35.2 Å². The summed E-state index contributed by atoms with van der Waals surface area (Å²) < 4.78 is 10.7. The molecule has 2 aromatic rings. The van der Waals surface area contributed by atoms with Crippen LogP contribution < -0.4 is 0 Å². The van der Waals surface area contributed by atoms with Crippen LogP contribution in [0.15, 0.2) is 28.9 Å². The molecule has 3 rings (SSSR count). The number of morpholine rings is 1. The quantitative estimate of drug-likeness (QED) is 0.862. The number of hydrogen-bond acceptors (Lipinski definition) is 5. The van der Waals surface area contributed by atoms with Crippen molar-refractivity contribution in [2.75, 3.05) is 26.3 Å². The van der Waals surface area contributed by atoms with Crippen LogP contribution in [0.1, 0.15) is 5.76 Å². The highest BCUT2D eigenvalue weighted by Crippen LogP contribution is 2.19. The summed E-state index contributed by atoms with van der Waals surface area (Å²) in [7, 11) is 0. The predicted molar refractivity (Wildman–Crippen MR) is 70.8 cm³/mol. The summed E-state index contributed by atoms with van der Waals surface area (Å²) in [6.45, 7) is 4.16. The lowest BCUT2D eigenvalue weighted by atomic mass is 10.2. The molecule has 0 saturated carbocycles. The van der Waals surface area contributed by atoms with E-state index < -0.39 is 0 Å². The summed E-state index contributed by atoms with van der Waals surface area (Å²) in [6, 6.07) is 5.55. The van der Waals surface area contributed by atoms with E-state index in [1.807, 2.05) is 12.1 Å². The number of nitrogens with zero attached hydrogens (tertiary/aromatic N) is 3. The van der Waals surface area contributed by atoms with Gasteiger partial charge in [0.1, 0.15) is 5.69 Å². The molecular formula is C13H14ClN3O2. The minimum absolute atomic E-state index is 0.612. The lowest BCUT2D eigenvalue weighted by molar-refractivity contribution is 0.0305. The summed E-state index contributed by atoms with van der Waals surface area (Å²) in [5.41, 5.74) is 1.50. The molecule has 100 valence electrons. The van der Waals surface area contributed by atoms with Gasteiger partial charge in [-0.25, -0.2) is 0 Å². The topological polar surface area (TPSA) is 51.4 Å². The maximum atomic E-state index is 5.81.